The Morgan fingerprint density at radius 1 is 1.39 bits per heavy atom. The fourth-order valence-electron chi connectivity index (χ4n) is 2.81. The van der Waals surface area contributed by atoms with E-state index in [0.717, 1.165) is 5.82 Å². The summed E-state index contributed by atoms with van der Waals surface area (Å²) in [7, 11) is 0. The number of aryl methyl sites for hydroxylation is 1. The summed E-state index contributed by atoms with van der Waals surface area (Å²) >= 11 is 0. The minimum Gasteiger partial charge on any atom is -0.396 e. The van der Waals surface area contributed by atoms with Crippen LogP contribution in [0.4, 0.5) is 5.82 Å². The fourth-order valence-corrected chi connectivity index (χ4v) is 2.81. The lowest BCUT2D eigenvalue weighted by Crippen LogP contribution is -2.41. The standard InChI is InChI=1S/C15H20N6O2/c22-10-12-8-20(14-2-5-16-11-17-14)9-13(12)19-15(23)3-7-21-6-1-4-18-21/h1-2,4-6,11-13,22H,3,7-10H2,(H,19,23)/t12-,13+/m0/s1. The van der Waals surface area contributed by atoms with E-state index in [2.05, 4.69) is 25.3 Å². The quantitative estimate of drug-likeness (QED) is 0.758. The number of aromatic nitrogens is 4. The number of aliphatic hydroxyl groups is 1. The van der Waals surface area contributed by atoms with Crippen molar-refractivity contribution < 1.29 is 9.90 Å². The first-order valence-corrected chi connectivity index (χ1v) is 7.65. The van der Waals surface area contributed by atoms with Crippen LogP contribution in [0.2, 0.25) is 0 Å². The SMILES string of the molecule is O=C(CCn1cccn1)N[C@@H]1CN(c2ccncn2)C[C@H]1CO. The molecule has 8 nitrogen and oxygen atoms in total. The molecule has 122 valence electrons. The van der Waals surface area contributed by atoms with E-state index in [1.165, 1.54) is 6.33 Å². The summed E-state index contributed by atoms with van der Waals surface area (Å²) in [6.07, 6.45) is 7.07. The Balaban J connectivity index is 1.55. The van der Waals surface area contributed by atoms with Crippen molar-refractivity contribution in [2.45, 2.75) is 19.0 Å². The van der Waals surface area contributed by atoms with E-state index in [1.54, 1.807) is 17.1 Å². The highest BCUT2D eigenvalue weighted by molar-refractivity contribution is 5.76. The van der Waals surface area contributed by atoms with Crippen molar-refractivity contribution >= 4 is 11.7 Å². The summed E-state index contributed by atoms with van der Waals surface area (Å²) in [4.78, 5) is 22.3. The van der Waals surface area contributed by atoms with Gasteiger partial charge >= 0.3 is 0 Å². The zero-order chi connectivity index (χ0) is 16.1. The highest BCUT2D eigenvalue weighted by Gasteiger charge is 2.33. The van der Waals surface area contributed by atoms with Crippen LogP contribution in [0.15, 0.2) is 37.1 Å². The first-order valence-electron chi connectivity index (χ1n) is 7.65. The molecule has 2 N–H and O–H groups in total. The van der Waals surface area contributed by atoms with Crippen molar-refractivity contribution in [2.75, 3.05) is 24.6 Å². The van der Waals surface area contributed by atoms with Gasteiger partial charge in [0.05, 0.1) is 6.04 Å². The van der Waals surface area contributed by atoms with E-state index in [9.17, 15) is 9.90 Å². The van der Waals surface area contributed by atoms with E-state index >= 15 is 0 Å². The molecular formula is C15H20N6O2. The Morgan fingerprint density at radius 3 is 3.00 bits per heavy atom. The van der Waals surface area contributed by atoms with Crippen LogP contribution in [-0.2, 0) is 11.3 Å². The first-order chi connectivity index (χ1) is 11.3. The van der Waals surface area contributed by atoms with Gasteiger partial charge in [0.15, 0.2) is 0 Å². The molecule has 2 aromatic rings. The molecule has 0 bridgehead atoms. The molecule has 3 heterocycles. The van der Waals surface area contributed by atoms with Gasteiger partial charge in [-0.15, -0.1) is 0 Å². The molecule has 1 aliphatic heterocycles. The molecule has 1 aliphatic rings. The van der Waals surface area contributed by atoms with Gasteiger partial charge in [-0.2, -0.15) is 5.10 Å². The number of hydrogen-bond acceptors (Lipinski definition) is 6. The molecule has 0 aliphatic carbocycles. The normalized spacial score (nSPS) is 20.7. The van der Waals surface area contributed by atoms with E-state index in [-0.39, 0.29) is 24.5 Å². The molecule has 0 unspecified atom stereocenters. The molecule has 3 rings (SSSR count). The van der Waals surface area contributed by atoms with Crippen molar-refractivity contribution in [3.8, 4) is 0 Å². The van der Waals surface area contributed by atoms with E-state index in [1.807, 2.05) is 18.3 Å². The molecular weight excluding hydrogens is 296 g/mol. The lowest BCUT2D eigenvalue weighted by Gasteiger charge is -2.18. The number of nitrogens with zero attached hydrogens (tertiary/aromatic N) is 5. The van der Waals surface area contributed by atoms with Crippen molar-refractivity contribution in [3.63, 3.8) is 0 Å². The van der Waals surface area contributed by atoms with Crippen molar-refractivity contribution in [3.05, 3.63) is 37.1 Å². The zero-order valence-corrected chi connectivity index (χ0v) is 12.7. The zero-order valence-electron chi connectivity index (χ0n) is 12.7. The van der Waals surface area contributed by atoms with Crippen LogP contribution in [0.1, 0.15) is 6.42 Å². The highest BCUT2D eigenvalue weighted by atomic mass is 16.3. The molecule has 0 radical (unpaired) electrons. The van der Waals surface area contributed by atoms with Gasteiger partial charge < -0.3 is 15.3 Å². The van der Waals surface area contributed by atoms with Crippen molar-refractivity contribution in [2.24, 2.45) is 5.92 Å². The van der Waals surface area contributed by atoms with Gasteiger partial charge in [0.25, 0.3) is 0 Å². The van der Waals surface area contributed by atoms with Crippen LogP contribution in [0, 0.1) is 5.92 Å². The summed E-state index contributed by atoms with van der Waals surface area (Å²) in [6.45, 7) is 1.88. The summed E-state index contributed by atoms with van der Waals surface area (Å²) < 4.78 is 1.73. The average molecular weight is 316 g/mol. The lowest BCUT2D eigenvalue weighted by atomic mass is 10.1. The molecule has 2 atom stereocenters. The third kappa shape index (κ3) is 3.84. The largest absolute Gasteiger partial charge is 0.396 e. The predicted molar refractivity (Wildman–Crippen MR) is 83.6 cm³/mol. The summed E-state index contributed by atoms with van der Waals surface area (Å²) in [5.74, 6) is 0.777. The maximum absolute atomic E-state index is 12.1. The van der Waals surface area contributed by atoms with Gasteiger partial charge in [0.2, 0.25) is 5.91 Å². The monoisotopic (exact) mass is 316 g/mol. The minimum atomic E-state index is -0.0833. The average Bonchev–Trinajstić information content (AvgIpc) is 3.23. The number of nitrogens with one attached hydrogen (secondary N) is 1. The van der Waals surface area contributed by atoms with Gasteiger partial charge in [-0.25, -0.2) is 9.97 Å². The van der Waals surface area contributed by atoms with Crippen LogP contribution in [0.3, 0.4) is 0 Å². The second kappa shape index (κ2) is 7.19. The van der Waals surface area contributed by atoms with Crippen LogP contribution >= 0.6 is 0 Å². The summed E-state index contributed by atoms with van der Waals surface area (Å²) in [5.41, 5.74) is 0. The molecule has 0 saturated carbocycles. The van der Waals surface area contributed by atoms with Crippen molar-refractivity contribution in [1.29, 1.82) is 0 Å². The predicted octanol–water partition coefficient (Wildman–Crippen LogP) is -0.323. The molecule has 23 heavy (non-hydrogen) atoms. The Labute approximate surface area is 134 Å². The van der Waals surface area contributed by atoms with E-state index < -0.39 is 0 Å². The molecule has 0 aromatic carbocycles. The number of carbonyl (C=O) groups excluding carboxylic acids is 1. The number of rotatable bonds is 6. The maximum Gasteiger partial charge on any atom is 0.222 e. The van der Waals surface area contributed by atoms with Gasteiger partial charge in [0, 0.05) is 57.2 Å². The molecule has 1 fully saturated rings. The van der Waals surface area contributed by atoms with Gasteiger partial charge in [-0.1, -0.05) is 0 Å². The van der Waals surface area contributed by atoms with Crippen LogP contribution in [0.5, 0.6) is 0 Å². The molecule has 1 saturated heterocycles. The van der Waals surface area contributed by atoms with Crippen LogP contribution < -0.4 is 10.2 Å². The third-order valence-corrected chi connectivity index (χ3v) is 4.04. The van der Waals surface area contributed by atoms with Gasteiger partial charge in [-0.3, -0.25) is 9.48 Å². The summed E-state index contributed by atoms with van der Waals surface area (Å²) in [5, 5.41) is 16.7. The minimum absolute atomic E-state index is 0.00128. The Kier molecular flexibility index (Phi) is 4.82. The topological polar surface area (TPSA) is 96.2 Å². The highest BCUT2D eigenvalue weighted by Crippen LogP contribution is 2.21. The first kappa shape index (κ1) is 15.4. The maximum atomic E-state index is 12.1. The molecule has 8 heteroatoms. The second-order valence-electron chi connectivity index (χ2n) is 5.61. The van der Waals surface area contributed by atoms with Crippen LogP contribution in [0.25, 0.3) is 0 Å². The van der Waals surface area contributed by atoms with E-state index in [4.69, 9.17) is 0 Å². The van der Waals surface area contributed by atoms with E-state index in [0.29, 0.717) is 26.1 Å². The number of aliphatic hydroxyl groups excluding tert-OH is 1. The lowest BCUT2D eigenvalue weighted by molar-refractivity contribution is -0.122. The number of hydrogen-bond donors (Lipinski definition) is 2. The molecule has 1 amide bonds. The molecule has 2 aromatic heterocycles. The Bertz CT molecular complexity index is 618. The number of anilines is 1. The van der Waals surface area contributed by atoms with Gasteiger partial charge in [-0.05, 0) is 12.1 Å². The fraction of sp³-hybridized carbons (Fsp3) is 0.467. The second-order valence-corrected chi connectivity index (χ2v) is 5.61. The third-order valence-electron chi connectivity index (χ3n) is 4.04. The van der Waals surface area contributed by atoms with Gasteiger partial charge in [0.1, 0.15) is 12.1 Å². The smallest absolute Gasteiger partial charge is 0.222 e. The summed E-state index contributed by atoms with van der Waals surface area (Å²) in [6, 6.07) is 3.58. The Hall–Kier alpha value is -2.48. The van der Waals surface area contributed by atoms with Crippen LogP contribution in [-0.4, -0.2) is 56.5 Å². The van der Waals surface area contributed by atoms with Crippen molar-refractivity contribution in [1.82, 2.24) is 25.1 Å². The molecule has 0 spiro atoms. The number of amides is 1. The Morgan fingerprint density at radius 2 is 2.30 bits per heavy atom. The number of carbonyl (C=O) groups is 1.